The molecule has 10 rings (SSSR count). The summed E-state index contributed by atoms with van der Waals surface area (Å²) in [6, 6.07) is 34.0. The van der Waals surface area contributed by atoms with E-state index in [0.29, 0.717) is 28.2 Å². The second-order valence-corrected chi connectivity index (χ2v) is 17.6. The second-order valence-electron chi connectivity index (χ2n) is 17.6. The van der Waals surface area contributed by atoms with E-state index >= 15 is 0 Å². The molecule has 0 unspecified atom stereocenters. The first kappa shape index (κ1) is 31.3. The van der Waals surface area contributed by atoms with Crippen molar-refractivity contribution in [1.29, 1.82) is 0 Å². The Labute approximate surface area is 398 Å². The minimum atomic E-state index is -0.571. The molecule has 5 nitrogen and oxygen atoms in total. The first-order valence-electron chi connectivity index (χ1n) is 25.5. The molecule has 0 amide bonds. The summed E-state index contributed by atoms with van der Waals surface area (Å²) < 4.78 is 99.1. The normalized spacial score (nSPS) is 14.1. The van der Waals surface area contributed by atoms with E-state index < -0.39 is 60.4 Å². The predicted octanol–water partition coefficient (Wildman–Crippen LogP) is 13.8. The maximum absolute atomic E-state index is 9.02. The third-order valence-electron chi connectivity index (χ3n) is 10.9. The molecule has 3 heterocycles. The van der Waals surface area contributed by atoms with Crippen LogP contribution in [0, 0.1) is 23.9 Å². The fourth-order valence-corrected chi connectivity index (χ4v) is 8.10. The van der Waals surface area contributed by atoms with Gasteiger partial charge >= 0.3 is 0 Å². The van der Waals surface area contributed by atoms with E-state index in [4.69, 9.17) is 23.4 Å². The Morgan fingerprint density at radius 3 is 2.05 bits per heavy atom. The van der Waals surface area contributed by atoms with Crippen LogP contribution < -0.4 is 9.30 Å². The topological polar surface area (TPSA) is 35.9 Å². The van der Waals surface area contributed by atoms with E-state index in [1.165, 1.54) is 11.1 Å². The molecule has 0 radical (unpaired) electrons. The van der Waals surface area contributed by atoms with Gasteiger partial charge in [0.2, 0.25) is 0 Å². The summed E-state index contributed by atoms with van der Waals surface area (Å²) in [6.45, 7) is 13.3. The fourth-order valence-electron chi connectivity index (χ4n) is 8.10. The molecule has 63 heavy (non-hydrogen) atoms. The van der Waals surface area contributed by atoms with Crippen LogP contribution in [0.3, 0.4) is 0 Å². The Bertz CT molecular complexity index is 3730. The first-order valence-corrected chi connectivity index (χ1v) is 20.5. The van der Waals surface area contributed by atoms with Crippen molar-refractivity contribution in [3.05, 3.63) is 199 Å². The average Bonchev–Trinajstić information content (AvgIpc) is 3.89. The molecule has 6 heteroatoms. The third-order valence-corrected chi connectivity index (χ3v) is 10.9. The molecule has 0 atom stereocenters. The number of fused-ring (bicyclic) bond motifs is 4. The van der Waals surface area contributed by atoms with Crippen molar-refractivity contribution in [2.24, 2.45) is 5.41 Å². The van der Waals surface area contributed by atoms with Crippen LogP contribution in [0.2, 0.25) is 0 Å². The van der Waals surface area contributed by atoms with Crippen molar-refractivity contribution in [2.45, 2.75) is 53.4 Å². The zero-order valence-corrected chi connectivity index (χ0v) is 37.9. The van der Waals surface area contributed by atoms with Gasteiger partial charge in [-0.25, -0.2) is 4.98 Å². The predicted molar refractivity (Wildman–Crippen MR) is 253 cm³/mol. The zero-order valence-electron chi connectivity index (χ0n) is 45.6. The van der Waals surface area contributed by atoms with E-state index in [2.05, 4.69) is 94.9 Å². The summed E-state index contributed by atoms with van der Waals surface area (Å²) in [5.41, 5.74) is 5.99. The van der Waals surface area contributed by atoms with Crippen molar-refractivity contribution < 1.29 is 44.1 Å². The number of benzene rings is 7. The maximum atomic E-state index is 9.02. The van der Waals surface area contributed by atoms with Gasteiger partial charge in [0.15, 0.2) is 0 Å². The summed E-state index contributed by atoms with van der Waals surface area (Å²) >= 11 is 0. The van der Waals surface area contributed by atoms with Crippen molar-refractivity contribution in [2.75, 3.05) is 0 Å². The SMILES string of the molecule is [2H]c1c([2H])c([2H])c(-c2cccc(-c3c([2H])c([2H])c([2H])c([2H])c3[2H])c2-[n+]2[c-]n(-c3[c-]c(Oc4[c-]c5c(cc4)c4cc(C(C)(C)C)ccc4n5-c4cc(CC(C)(C)C)ccn4)ccc3)c3ccccc32)c([2H])c1[2H].[Pt]. The molecule has 0 fully saturated rings. The molecular formula is C57H48N4OPt-2. The van der Waals surface area contributed by atoms with Gasteiger partial charge in [-0.1, -0.05) is 162 Å². The Kier molecular flexibility index (Phi) is 8.26. The number of nitrogens with zero attached hydrogens (tertiary/aromatic N) is 4. The summed E-state index contributed by atoms with van der Waals surface area (Å²) in [5.74, 6) is 1.57. The maximum Gasteiger partial charge on any atom is 0.268 e. The van der Waals surface area contributed by atoms with Crippen molar-refractivity contribution >= 4 is 32.8 Å². The van der Waals surface area contributed by atoms with Crippen LogP contribution in [0.25, 0.3) is 72.3 Å². The van der Waals surface area contributed by atoms with E-state index in [1.807, 2.05) is 54.7 Å². The Balaban J connectivity index is 0.00000656. The largest absolute Gasteiger partial charge is 0.510 e. The summed E-state index contributed by atoms with van der Waals surface area (Å²) in [4.78, 5) is 4.88. The molecule has 314 valence electrons. The summed E-state index contributed by atoms with van der Waals surface area (Å²) in [5, 5.41) is 2.07. The Morgan fingerprint density at radius 1 is 0.667 bits per heavy atom. The van der Waals surface area contributed by atoms with Crippen molar-refractivity contribution in [1.82, 2.24) is 14.1 Å². The summed E-state index contributed by atoms with van der Waals surface area (Å²) in [6.07, 6.45) is 6.14. The van der Waals surface area contributed by atoms with Gasteiger partial charge in [-0.05, 0) is 79.9 Å². The number of hydrogen-bond donors (Lipinski definition) is 0. The van der Waals surface area contributed by atoms with Gasteiger partial charge < -0.3 is 13.9 Å². The molecule has 0 aliphatic heterocycles. The number of imidazole rings is 1. The first-order chi connectivity index (χ1) is 34.1. The molecule has 0 saturated heterocycles. The molecule has 0 aliphatic rings. The van der Waals surface area contributed by atoms with E-state index in [-0.39, 0.29) is 59.8 Å². The van der Waals surface area contributed by atoms with E-state index in [0.717, 1.165) is 34.0 Å². The van der Waals surface area contributed by atoms with Gasteiger partial charge in [0.05, 0.1) is 30.4 Å². The third kappa shape index (κ3) is 8.15. The van der Waals surface area contributed by atoms with Crippen LogP contribution in [0.1, 0.15) is 66.4 Å². The number of hydrogen-bond acceptors (Lipinski definition) is 2. The molecule has 10 aromatic rings. The number of ether oxygens (including phenoxy) is 1. The monoisotopic (exact) mass is 1010 g/mol. The van der Waals surface area contributed by atoms with Crippen LogP contribution in [-0.2, 0) is 32.9 Å². The molecule has 0 spiro atoms. The second kappa shape index (κ2) is 16.6. The smallest absolute Gasteiger partial charge is 0.268 e. The molecular weight excluding hydrogens is 952 g/mol. The van der Waals surface area contributed by atoms with Crippen LogP contribution in [0.4, 0.5) is 0 Å². The molecule has 3 aromatic heterocycles. The fraction of sp³-hybridized carbons (Fsp3) is 0.158. The minimum Gasteiger partial charge on any atom is -0.510 e. The van der Waals surface area contributed by atoms with Crippen LogP contribution >= 0.6 is 0 Å². The number of aromatic nitrogens is 4. The van der Waals surface area contributed by atoms with Crippen molar-refractivity contribution in [3.8, 4) is 50.9 Å². The zero-order chi connectivity index (χ0) is 51.3. The van der Waals surface area contributed by atoms with Gasteiger partial charge in [-0.2, -0.15) is 18.2 Å². The van der Waals surface area contributed by atoms with E-state index in [1.54, 1.807) is 33.4 Å². The van der Waals surface area contributed by atoms with Gasteiger partial charge in [-0.3, -0.25) is 4.57 Å². The quantitative estimate of drug-likeness (QED) is 0.112. The molecule has 0 bridgehead atoms. The number of pyridine rings is 1. The standard InChI is InChI=1S/C57H48N4O.Pt/c1-56(2,3)37-39-31-32-58-54(33-39)61-50-30-27-42(57(4,5)6)34-49(50)48-29-28-45(36-53(48)61)62-44-22-15-21-43(35-44)59-38-60(52-26-14-13-25-51(52)59)55-46(40-17-9-7-10-18-40)23-16-24-47(55)41-19-11-8-12-20-41;/h7-34H,37H2,1-6H3;/q-2;/i7D,8D,9D,10D,11D,12D,17D,18D,19D,20D;. The Hall–Kier alpha value is -6.55. The molecule has 0 N–H and O–H groups in total. The summed E-state index contributed by atoms with van der Waals surface area (Å²) in [7, 11) is 0. The van der Waals surface area contributed by atoms with Gasteiger partial charge in [0, 0.05) is 44.3 Å². The number of para-hydroxylation sites is 3. The molecule has 7 aromatic carbocycles. The van der Waals surface area contributed by atoms with Gasteiger partial charge in [0.25, 0.3) is 6.33 Å². The Morgan fingerprint density at radius 2 is 1.35 bits per heavy atom. The van der Waals surface area contributed by atoms with Gasteiger partial charge in [0.1, 0.15) is 5.82 Å². The minimum absolute atomic E-state index is 0. The molecule has 0 saturated carbocycles. The van der Waals surface area contributed by atoms with Crippen LogP contribution in [0.15, 0.2) is 170 Å². The van der Waals surface area contributed by atoms with Gasteiger partial charge in [-0.15, -0.1) is 29.7 Å². The number of rotatable bonds is 8. The van der Waals surface area contributed by atoms with E-state index in [9.17, 15) is 0 Å². The van der Waals surface area contributed by atoms with Crippen molar-refractivity contribution in [3.63, 3.8) is 0 Å². The average molecular weight is 1010 g/mol. The van der Waals surface area contributed by atoms with Crippen LogP contribution in [-0.4, -0.2) is 14.1 Å². The van der Waals surface area contributed by atoms with Crippen LogP contribution in [0.5, 0.6) is 11.5 Å². The molecule has 0 aliphatic carbocycles.